The minimum absolute atomic E-state index is 0.314. The lowest BCUT2D eigenvalue weighted by atomic mass is 10.0. The van der Waals surface area contributed by atoms with Gasteiger partial charge < -0.3 is 15.4 Å². The smallest absolute Gasteiger partial charge is 0.0683 e. The molecule has 3 heteroatoms. The van der Waals surface area contributed by atoms with Crippen LogP contribution in [0.25, 0.3) is 0 Å². The van der Waals surface area contributed by atoms with Gasteiger partial charge in [-0.05, 0) is 23.6 Å². The van der Waals surface area contributed by atoms with Gasteiger partial charge in [0.25, 0.3) is 0 Å². The molecule has 0 aromatic heterocycles. The van der Waals surface area contributed by atoms with Gasteiger partial charge in [-0.15, -0.1) is 0 Å². The molecule has 1 aromatic carbocycles. The average molecular weight is 234 g/mol. The summed E-state index contributed by atoms with van der Waals surface area (Å²) in [5.74, 6) is 0.582. The SMILES string of the molecule is CC(C)c1ccc(N2CCOCC2CN)cc1. The molecule has 1 fully saturated rings. The van der Waals surface area contributed by atoms with Crippen molar-refractivity contribution in [2.24, 2.45) is 5.73 Å². The Morgan fingerprint density at radius 2 is 2.06 bits per heavy atom. The van der Waals surface area contributed by atoms with Crippen molar-refractivity contribution in [3.8, 4) is 0 Å². The maximum Gasteiger partial charge on any atom is 0.0683 e. The van der Waals surface area contributed by atoms with Crippen LogP contribution < -0.4 is 10.6 Å². The number of hydrogen-bond acceptors (Lipinski definition) is 3. The molecule has 1 aliphatic heterocycles. The lowest BCUT2D eigenvalue weighted by molar-refractivity contribution is 0.0963. The predicted molar refractivity (Wildman–Crippen MR) is 71.5 cm³/mol. The van der Waals surface area contributed by atoms with Gasteiger partial charge in [-0.1, -0.05) is 26.0 Å². The monoisotopic (exact) mass is 234 g/mol. The molecule has 2 N–H and O–H groups in total. The average Bonchev–Trinajstić information content (AvgIpc) is 2.39. The van der Waals surface area contributed by atoms with E-state index >= 15 is 0 Å². The molecule has 1 aromatic rings. The molecular weight excluding hydrogens is 212 g/mol. The maximum absolute atomic E-state index is 5.79. The minimum atomic E-state index is 0.314. The molecule has 0 radical (unpaired) electrons. The van der Waals surface area contributed by atoms with Crippen molar-refractivity contribution < 1.29 is 4.74 Å². The van der Waals surface area contributed by atoms with Gasteiger partial charge in [0.15, 0.2) is 0 Å². The number of morpholine rings is 1. The summed E-state index contributed by atoms with van der Waals surface area (Å²) in [6.07, 6.45) is 0. The van der Waals surface area contributed by atoms with Crippen molar-refractivity contribution in [3.05, 3.63) is 29.8 Å². The molecule has 0 aliphatic carbocycles. The molecule has 0 spiro atoms. The highest BCUT2D eigenvalue weighted by Crippen LogP contribution is 2.22. The Hall–Kier alpha value is -1.06. The van der Waals surface area contributed by atoms with E-state index in [1.165, 1.54) is 11.3 Å². The van der Waals surface area contributed by atoms with Crippen molar-refractivity contribution in [1.29, 1.82) is 0 Å². The van der Waals surface area contributed by atoms with E-state index in [1.807, 2.05) is 0 Å². The Kier molecular flexibility index (Phi) is 4.02. The highest BCUT2D eigenvalue weighted by atomic mass is 16.5. The van der Waals surface area contributed by atoms with Gasteiger partial charge in [-0.25, -0.2) is 0 Å². The molecule has 1 unspecified atom stereocenters. The third-order valence-electron chi connectivity index (χ3n) is 3.39. The van der Waals surface area contributed by atoms with E-state index in [-0.39, 0.29) is 0 Å². The molecule has 0 saturated carbocycles. The van der Waals surface area contributed by atoms with Gasteiger partial charge >= 0.3 is 0 Å². The first kappa shape index (κ1) is 12.4. The molecule has 94 valence electrons. The fourth-order valence-electron chi connectivity index (χ4n) is 2.24. The van der Waals surface area contributed by atoms with Crippen LogP contribution in [0.1, 0.15) is 25.3 Å². The Morgan fingerprint density at radius 3 is 2.65 bits per heavy atom. The first-order valence-electron chi connectivity index (χ1n) is 6.36. The van der Waals surface area contributed by atoms with E-state index in [9.17, 15) is 0 Å². The third kappa shape index (κ3) is 2.79. The molecule has 1 saturated heterocycles. The zero-order valence-electron chi connectivity index (χ0n) is 10.7. The van der Waals surface area contributed by atoms with Gasteiger partial charge in [0.05, 0.1) is 19.3 Å². The van der Waals surface area contributed by atoms with E-state index in [4.69, 9.17) is 10.5 Å². The highest BCUT2D eigenvalue weighted by Gasteiger charge is 2.21. The largest absolute Gasteiger partial charge is 0.377 e. The third-order valence-corrected chi connectivity index (χ3v) is 3.39. The topological polar surface area (TPSA) is 38.5 Å². The number of hydrogen-bond donors (Lipinski definition) is 1. The van der Waals surface area contributed by atoms with Crippen LogP contribution in [0.4, 0.5) is 5.69 Å². The predicted octanol–water partition coefficient (Wildman–Crippen LogP) is 1.97. The van der Waals surface area contributed by atoms with Crippen LogP contribution in [0.15, 0.2) is 24.3 Å². The molecule has 1 heterocycles. The van der Waals surface area contributed by atoms with Gasteiger partial charge in [-0.2, -0.15) is 0 Å². The Labute approximate surface area is 104 Å². The number of nitrogens with two attached hydrogens (primary N) is 1. The second-order valence-corrected chi connectivity index (χ2v) is 4.90. The standard InChI is InChI=1S/C14H22N2O/c1-11(2)12-3-5-13(6-4-12)16-7-8-17-10-14(16)9-15/h3-6,11,14H,7-10,15H2,1-2H3. The first-order valence-corrected chi connectivity index (χ1v) is 6.36. The lowest BCUT2D eigenvalue weighted by Gasteiger charge is -2.36. The van der Waals surface area contributed by atoms with Crippen molar-refractivity contribution in [3.63, 3.8) is 0 Å². The molecule has 1 atom stereocenters. The summed E-state index contributed by atoms with van der Waals surface area (Å²) < 4.78 is 5.46. The number of ether oxygens (including phenoxy) is 1. The van der Waals surface area contributed by atoms with Crippen molar-refractivity contribution >= 4 is 5.69 Å². The number of benzene rings is 1. The molecule has 2 rings (SSSR count). The summed E-state index contributed by atoms with van der Waals surface area (Å²) in [6, 6.07) is 9.13. The van der Waals surface area contributed by atoms with E-state index in [0.717, 1.165) is 19.8 Å². The normalized spacial score (nSPS) is 20.9. The van der Waals surface area contributed by atoms with E-state index < -0.39 is 0 Å². The van der Waals surface area contributed by atoms with Crippen LogP contribution in [0, 0.1) is 0 Å². The molecular formula is C14H22N2O. The van der Waals surface area contributed by atoms with Crippen molar-refractivity contribution in [2.45, 2.75) is 25.8 Å². The zero-order valence-corrected chi connectivity index (χ0v) is 10.7. The van der Waals surface area contributed by atoms with E-state index in [1.54, 1.807) is 0 Å². The van der Waals surface area contributed by atoms with E-state index in [0.29, 0.717) is 18.5 Å². The summed E-state index contributed by atoms with van der Waals surface area (Å²) in [5.41, 5.74) is 8.43. The van der Waals surface area contributed by atoms with E-state index in [2.05, 4.69) is 43.0 Å². The number of nitrogens with zero attached hydrogens (tertiary/aromatic N) is 1. The fourth-order valence-corrected chi connectivity index (χ4v) is 2.24. The summed E-state index contributed by atoms with van der Waals surface area (Å²) in [5, 5.41) is 0. The van der Waals surface area contributed by atoms with Gasteiger partial charge in [-0.3, -0.25) is 0 Å². The fraction of sp³-hybridized carbons (Fsp3) is 0.571. The van der Waals surface area contributed by atoms with Crippen LogP contribution in [0.3, 0.4) is 0 Å². The van der Waals surface area contributed by atoms with Crippen LogP contribution in [0.5, 0.6) is 0 Å². The Balaban J connectivity index is 2.15. The Bertz CT molecular complexity index is 348. The van der Waals surface area contributed by atoms with Crippen molar-refractivity contribution in [1.82, 2.24) is 0 Å². The number of anilines is 1. The summed E-state index contributed by atoms with van der Waals surface area (Å²) in [4.78, 5) is 2.35. The second kappa shape index (κ2) is 5.52. The quantitative estimate of drug-likeness (QED) is 0.869. The summed E-state index contributed by atoms with van der Waals surface area (Å²) >= 11 is 0. The van der Waals surface area contributed by atoms with Crippen LogP contribution in [0.2, 0.25) is 0 Å². The molecule has 17 heavy (non-hydrogen) atoms. The van der Waals surface area contributed by atoms with Gasteiger partial charge in [0.1, 0.15) is 0 Å². The van der Waals surface area contributed by atoms with Crippen LogP contribution >= 0.6 is 0 Å². The van der Waals surface area contributed by atoms with Gasteiger partial charge in [0.2, 0.25) is 0 Å². The molecule has 0 bridgehead atoms. The van der Waals surface area contributed by atoms with Gasteiger partial charge in [0, 0.05) is 18.8 Å². The molecule has 0 amide bonds. The maximum atomic E-state index is 5.79. The minimum Gasteiger partial charge on any atom is -0.377 e. The van der Waals surface area contributed by atoms with Crippen molar-refractivity contribution in [2.75, 3.05) is 31.2 Å². The Morgan fingerprint density at radius 1 is 1.35 bits per heavy atom. The molecule has 3 nitrogen and oxygen atoms in total. The summed E-state index contributed by atoms with van der Waals surface area (Å²) in [7, 11) is 0. The first-order chi connectivity index (χ1) is 8.22. The van der Waals surface area contributed by atoms with Crippen LogP contribution in [-0.2, 0) is 4.74 Å². The highest BCUT2D eigenvalue weighted by molar-refractivity contribution is 5.49. The summed E-state index contributed by atoms with van der Waals surface area (Å²) in [6.45, 7) is 7.54. The number of rotatable bonds is 3. The zero-order chi connectivity index (χ0) is 12.3. The lowest BCUT2D eigenvalue weighted by Crippen LogP contribution is -2.49. The molecule has 1 aliphatic rings. The second-order valence-electron chi connectivity index (χ2n) is 4.90. The van der Waals surface area contributed by atoms with Crippen LogP contribution in [-0.4, -0.2) is 32.3 Å².